The molecular weight excluding hydrogens is 515 g/mol. The summed E-state index contributed by atoms with van der Waals surface area (Å²) in [5.74, 6) is -0.851. The van der Waals surface area contributed by atoms with Crippen LogP contribution in [-0.4, -0.2) is 11.9 Å². The fraction of sp³-hybridized carbons (Fsp3) is 0.394. The molecule has 0 aromatic heterocycles. The first-order valence-electron chi connectivity index (χ1n) is 13.6. The summed E-state index contributed by atoms with van der Waals surface area (Å²) in [5.41, 5.74) is 9.60. The summed E-state index contributed by atoms with van der Waals surface area (Å²) in [6.45, 7) is 12.8. The Hall–Kier alpha value is -2.91. The van der Waals surface area contributed by atoms with Gasteiger partial charge >= 0.3 is 16.5 Å². The van der Waals surface area contributed by atoms with E-state index in [0.717, 1.165) is 67.6 Å². The Kier molecular flexibility index (Phi) is 15.3. The van der Waals surface area contributed by atoms with Gasteiger partial charge in [-0.05, 0) is 92.0 Å². The van der Waals surface area contributed by atoms with Gasteiger partial charge in [-0.25, -0.2) is 0 Å². The SMILES string of the molecule is CCCCC(C=Nc1ccc(CC)c(CC)c1)=Nc1ccc(CC)c(CC)c1.Cc1ccc([O-])c([O-])c1.[Ni+2]. The Balaban J connectivity index is 0.000000610. The van der Waals surface area contributed by atoms with Gasteiger partial charge in [-0.1, -0.05) is 76.9 Å². The van der Waals surface area contributed by atoms with Gasteiger partial charge in [-0.15, -0.1) is 11.5 Å². The number of unbranched alkanes of at least 4 members (excludes halogenated alkanes) is 1. The van der Waals surface area contributed by atoms with Crippen molar-refractivity contribution < 1.29 is 26.7 Å². The molecule has 0 aliphatic rings. The second-order valence-corrected chi connectivity index (χ2v) is 9.24. The number of hydrogen-bond donors (Lipinski definition) is 0. The van der Waals surface area contributed by atoms with E-state index in [2.05, 4.69) is 71.0 Å². The predicted molar refractivity (Wildman–Crippen MR) is 155 cm³/mol. The minimum Gasteiger partial charge on any atom is -0.873 e. The van der Waals surface area contributed by atoms with Gasteiger partial charge in [0, 0.05) is 6.21 Å². The molecule has 0 aliphatic heterocycles. The maximum Gasteiger partial charge on any atom is 2.00 e. The van der Waals surface area contributed by atoms with Crippen LogP contribution in [0.1, 0.15) is 81.7 Å². The first-order valence-corrected chi connectivity index (χ1v) is 13.6. The molecule has 0 unspecified atom stereocenters. The molecule has 0 atom stereocenters. The number of rotatable bonds is 10. The molecule has 3 aromatic rings. The summed E-state index contributed by atoms with van der Waals surface area (Å²) in [6.07, 6.45) is 9.47. The van der Waals surface area contributed by atoms with Crippen LogP contribution in [0.5, 0.6) is 11.5 Å². The average Bonchev–Trinajstić information content (AvgIpc) is 2.92. The Bertz CT molecular complexity index is 1200. The molecule has 3 aromatic carbocycles. The largest absolute Gasteiger partial charge is 2.00 e. The molecule has 0 fully saturated rings. The molecule has 4 nitrogen and oxygen atoms in total. The van der Waals surface area contributed by atoms with Crippen LogP contribution in [0.4, 0.5) is 11.4 Å². The molecule has 38 heavy (non-hydrogen) atoms. The van der Waals surface area contributed by atoms with Crippen LogP contribution in [0.2, 0.25) is 0 Å². The van der Waals surface area contributed by atoms with E-state index in [0.29, 0.717) is 0 Å². The van der Waals surface area contributed by atoms with E-state index in [-0.39, 0.29) is 16.5 Å². The van der Waals surface area contributed by atoms with E-state index >= 15 is 0 Å². The van der Waals surface area contributed by atoms with E-state index in [9.17, 15) is 10.2 Å². The van der Waals surface area contributed by atoms with Gasteiger partial charge in [0.25, 0.3) is 0 Å². The van der Waals surface area contributed by atoms with Crippen LogP contribution in [-0.2, 0) is 42.2 Å². The van der Waals surface area contributed by atoms with Gasteiger partial charge in [-0.3, -0.25) is 9.98 Å². The molecule has 0 spiro atoms. The van der Waals surface area contributed by atoms with Crippen LogP contribution >= 0.6 is 0 Å². The first-order chi connectivity index (χ1) is 17.8. The normalized spacial score (nSPS) is 11.2. The molecule has 0 saturated carbocycles. The van der Waals surface area contributed by atoms with Gasteiger partial charge in [0.05, 0.1) is 17.1 Å². The number of aliphatic imine (C=N–C) groups is 2. The van der Waals surface area contributed by atoms with Gasteiger partial charge in [0.2, 0.25) is 0 Å². The molecule has 0 amide bonds. The third-order valence-electron chi connectivity index (χ3n) is 6.42. The molecule has 0 radical (unpaired) electrons. The molecule has 3 rings (SSSR count). The fourth-order valence-corrected chi connectivity index (χ4v) is 4.16. The van der Waals surface area contributed by atoms with Crippen molar-refractivity contribution in [2.75, 3.05) is 0 Å². The maximum absolute atomic E-state index is 10.5. The fourth-order valence-electron chi connectivity index (χ4n) is 4.16. The molecule has 0 bridgehead atoms. The van der Waals surface area contributed by atoms with E-state index < -0.39 is 11.5 Å². The van der Waals surface area contributed by atoms with E-state index in [1.54, 1.807) is 13.0 Å². The first kappa shape index (κ1) is 33.1. The summed E-state index contributed by atoms with van der Waals surface area (Å²) < 4.78 is 0. The summed E-state index contributed by atoms with van der Waals surface area (Å²) >= 11 is 0. The van der Waals surface area contributed by atoms with Crippen molar-refractivity contribution in [1.29, 1.82) is 0 Å². The molecule has 0 heterocycles. The zero-order chi connectivity index (χ0) is 27.2. The molecule has 206 valence electrons. The smallest absolute Gasteiger partial charge is 0.873 e. The van der Waals surface area contributed by atoms with Crippen LogP contribution in [0, 0.1) is 6.92 Å². The van der Waals surface area contributed by atoms with Crippen molar-refractivity contribution in [1.82, 2.24) is 0 Å². The van der Waals surface area contributed by atoms with Crippen molar-refractivity contribution in [2.45, 2.75) is 86.5 Å². The molecular formula is C33H42N2NiO2. The van der Waals surface area contributed by atoms with E-state index in [4.69, 9.17) is 9.98 Å². The van der Waals surface area contributed by atoms with Gasteiger partial charge < -0.3 is 10.2 Å². The summed E-state index contributed by atoms with van der Waals surface area (Å²) in [5, 5.41) is 21.0. The van der Waals surface area contributed by atoms with Crippen molar-refractivity contribution in [3.8, 4) is 11.5 Å². The minimum absolute atomic E-state index is 0. The van der Waals surface area contributed by atoms with E-state index in [1.165, 1.54) is 34.4 Å². The van der Waals surface area contributed by atoms with Crippen molar-refractivity contribution in [3.63, 3.8) is 0 Å². The van der Waals surface area contributed by atoms with E-state index in [1.807, 2.05) is 6.21 Å². The van der Waals surface area contributed by atoms with Crippen molar-refractivity contribution in [3.05, 3.63) is 82.4 Å². The average molecular weight is 557 g/mol. The molecule has 0 saturated heterocycles. The zero-order valence-corrected chi connectivity index (χ0v) is 24.7. The zero-order valence-electron chi connectivity index (χ0n) is 23.8. The predicted octanol–water partition coefficient (Wildman–Crippen LogP) is 7.74. The Labute approximate surface area is 239 Å². The topological polar surface area (TPSA) is 70.8 Å². The maximum atomic E-state index is 10.5. The van der Waals surface area contributed by atoms with Gasteiger partial charge in [0.15, 0.2) is 0 Å². The van der Waals surface area contributed by atoms with Gasteiger partial charge in [0.1, 0.15) is 0 Å². The van der Waals surface area contributed by atoms with Crippen LogP contribution in [0.15, 0.2) is 64.6 Å². The number of nitrogens with zero attached hydrogens (tertiary/aromatic N) is 2. The second kappa shape index (κ2) is 17.6. The minimum atomic E-state index is -0.430. The molecule has 0 N–H and O–H groups in total. The van der Waals surface area contributed by atoms with Crippen LogP contribution in [0.25, 0.3) is 0 Å². The Morgan fingerprint density at radius 1 is 0.684 bits per heavy atom. The van der Waals surface area contributed by atoms with Crippen LogP contribution < -0.4 is 10.2 Å². The van der Waals surface area contributed by atoms with Gasteiger partial charge in [-0.2, -0.15) is 0 Å². The monoisotopic (exact) mass is 556 g/mol. The second-order valence-electron chi connectivity index (χ2n) is 9.24. The number of benzene rings is 3. The third kappa shape index (κ3) is 10.5. The standard InChI is InChI=1S/C26H36N2.C7H8O2.Ni/c1-6-11-12-26(28-25-16-14-21(8-3)23(10-5)18-25)19-27-24-15-13-20(7-2)22(9-4)17-24;1-5-2-3-6(8)7(9)4-5;/h13-19H,6-12H2,1-5H3;2-4,8-9H,1H3;/q;;+2/p-2. The summed E-state index contributed by atoms with van der Waals surface area (Å²) in [4.78, 5) is 9.70. The Morgan fingerprint density at radius 2 is 1.24 bits per heavy atom. The van der Waals surface area contributed by atoms with Crippen LogP contribution in [0.3, 0.4) is 0 Å². The molecule has 0 aliphatic carbocycles. The summed E-state index contributed by atoms with van der Waals surface area (Å²) in [7, 11) is 0. The van der Waals surface area contributed by atoms with Crippen molar-refractivity contribution in [2.24, 2.45) is 9.98 Å². The number of aryl methyl sites for hydroxylation is 5. The summed E-state index contributed by atoms with van der Waals surface area (Å²) in [6, 6.07) is 17.4. The third-order valence-corrected chi connectivity index (χ3v) is 6.42. The number of hydrogen-bond acceptors (Lipinski definition) is 4. The Morgan fingerprint density at radius 3 is 1.74 bits per heavy atom. The quantitative estimate of drug-likeness (QED) is 0.189. The molecule has 5 heteroatoms. The van der Waals surface area contributed by atoms with Crippen molar-refractivity contribution >= 4 is 23.3 Å².